The molecule has 0 aliphatic rings. The number of nitrogens with zero attached hydrogens (tertiary/aromatic N) is 2. The SMILES string of the molecule is CC(C)(C)c1cc(Cc2nc3cc(Cl)cc(C#Cc4ccccn4)c3o2)cc(C(C)(C)C)c1O. The molecule has 4 nitrogen and oxygen atoms in total. The number of phenolic OH excluding ortho intramolecular Hbond substituents is 1. The van der Waals surface area contributed by atoms with Crippen LogP contribution >= 0.6 is 11.6 Å². The Morgan fingerprint density at radius 3 is 2.21 bits per heavy atom. The molecular formula is C29H29ClN2O2. The van der Waals surface area contributed by atoms with Crippen LogP contribution in [0.1, 0.15) is 75.4 Å². The van der Waals surface area contributed by atoms with Crippen LogP contribution in [0.5, 0.6) is 5.75 Å². The van der Waals surface area contributed by atoms with E-state index in [9.17, 15) is 5.11 Å². The van der Waals surface area contributed by atoms with Gasteiger partial charge in [0.1, 0.15) is 17.0 Å². The molecule has 0 aliphatic carbocycles. The number of aromatic nitrogens is 2. The first-order valence-electron chi connectivity index (χ1n) is 11.3. The molecule has 34 heavy (non-hydrogen) atoms. The van der Waals surface area contributed by atoms with Gasteiger partial charge >= 0.3 is 0 Å². The number of aromatic hydroxyl groups is 1. The van der Waals surface area contributed by atoms with Crippen LogP contribution in [0, 0.1) is 11.8 Å². The summed E-state index contributed by atoms with van der Waals surface area (Å²) in [5.41, 5.74) is 5.06. The Kier molecular flexibility index (Phi) is 6.18. The summed E-state index contributed by atoms with van der Waals surface area (Å²) >= 11 is 6.34. The van der Waals surface area contributed by atoms with Gasteiger partial charge in [-0.25, -0.2) is 9.97 Å². The van der Waals surface area contributed by atoms with Gasteiger partial charge in [0.05, 0.1) is 5.56 Å². The van der Waals surface area contributed by atoms with Crippen molar-refractivity contribution in [1.82, 2.24) is 9.97 Å². The molecule has 5 heteroatoms. The zero-order valence-corrected chi connectivity index (χ0v) is 21.2. The molecule has 2 heterocycles. The zero-order valence-electron chi connectivity index (χ0n) is 20.5. The van der Waals surface area contributed by atoms with E-state index in [0.29, 0.717) is 45.4 Å². The highest BCUT2D eigenvalue weighted by Crippen LogP contribution is 2.40. The largest absolute Gasteiger partial charge is 0.507 e. The van der Waals surface area contributed by atoms with E-state index in [-0.39, 0.29) is 10.8 Å². The van der Waals surface area contributed by atoms with E-state index in [2.05, 4.69) is 58.4 Å². The number of hydrogen-bond donors (Lipinski definition) is 1. The lowest BCUT2D eigenvalue weighted by Crippen LogP contribution is -2.18. The van der Waals surface area contributed by atoms with Crippen molar-refractivity contribution >= 4 is 22.7 Å². The molecule has 174 valence electrons. The second-order valence-electron chi connectivity index (χ2n) is 10.6. The molecule has 0 aliphatic heterocycles. The molecule has 4 rings (SSSR count). The van der Waals surface area contributed by atoms with Crippen LogP contribution in [-0.2, 0) is 17.3 Å². The third kappa shape index (κ3) is 5.11. The summed E-state index contributed by atoms with van der Waals surface area (Å²) in [5, 5.41) is 11.6. The smallest absolute Gasteiger partial charge is 0.199 e. The van der Waals surface area contributed by atoms with Gasteiger partial charge in [-0.3, -0.25) is 0 Å². The molecule has 2 aromatic carbocycles. The van der Waals surface area contributed by atoms with Gasteiger partial charge in [0.15, 0.2) is 11.5 Å². The molecular weight excluding hydrogens is 444 g/mol. The first-order valence-corrected chi connectivity index (χ1v) is 11.7. The lowest BCUT2D eigenvalue weighted by molar-refractivity contribution is 0.422. The molecule has 0 unspecified atom stereocenters. The van der Waals surface area contributed by atoms with Crippen LogP contribution in [-0.4, -0.2) is 15.1 Å². The van der Waals surface area contributed by atoms with E-state index in [0.717, 1.165) is 16.7 Å². The van der Waals surface area contributed by atoms with Crippen LogP contribution in [0.15, 0.2) is 53.1 Å². The van der Waals surface area contributed by atoms with E-state index < -0.39 is 0 Å². The predicted octanol–water partition coefficient (Wildman–Crippen LogP) is 7.17. The summed E-state index contributed by atoms with van der Waals surface area (Å²) in [4.78, 5) is 8.94. The van der Waals surface area contributed by atoms with Gasteiger partial charge in [-0.05, 0) is 57.7 Å². The average Bonchev–Trinajstić information content (AvgIpc) is 3.14. The fraction of sp³-hybridized carbons (Fsp3) is 0.310. The van der Waals surface area contributed by atoms with Gasteiger partial charge in [0.2, 0.25) is 0 Å². The number of halogens is 1. The van der Waals surface area contributed by atoms with Crippen molar-refractivity contribution in [1.29, 1.82) is 0 Å². The maximum Gasteiger partial charge on any atom is 0.199 e. The van der Waals surface area contributed by atoms with E-state index in [1.165, 1.54) is 0 Å². The van der Waals surface area contributed by atoms with Crippen molar-refractivity contribution in [2.45, 2.75) is 58.8 Å². The molecule has 2 aromatic heterocycles. The monoisotopic (exact) mass is 472 g/mol. The summed E-state index contributed by atoms with van der Waals surface area (Å²) < 4.78 is 6.17. The number of pyridine rings is 1. The van der Waals surface area contributed by atoms with E-state index in [1.54, 1.807) is 18.3 Å². The maximum absolute atomic E-state index is 11.0. The first-order chi connectivity index (χ1) is 15.9. The molecule has 0 bridgehead atoms. The third-order valence-electron chi connectivity index (χ3n) is 5.63. The number of hydrogen-bond acceptors (Lipinski definition) is 4. The number of phenols is 1. The minimum atomic E-state index is -0.205. The minimum absolute atomic E-state index is 0.205. The molecule has 0 saturated carbocycles. The molecule has 0 radical (unpaired) electrons. The second-order valence-corrected chi connectivity index (χ2v) is 11.0. The highest BCUT2D eigenvalue weighted by atomic mass is 35.5. The number of benzene rings is 2. The van der Waals surface area contributed by atoms with Crippen LogP contribution in [0.3, 0.4) is 0 Å². The zero-order chi connectivity index (χ0) is 24.7. The highest BCUT2D eigenvalue weighted by molar-refractivity contribution is 6.31. The quantitative estimate of drug-likeness (QED) is 0.314. The predicted molar refractivity (Wildman–Crippen MR) is 138 cm³/mol. The fourth-order valence-electron chi connectivity index (χ4n) is 3.90. The van der Waals surface area contributed by atoms with Crippen molar-refractivity contribution in [3.05, 3.63) is 87.5 Å². The topological polar surface area (TPSA) is 59.2 Å². The third-order valence-corrected chi connectivity index (χ3v) is 5.85. The van der Waals surface area contributed by atoms with E-state index >= 15 is 0 Å². The standard InChI is InChI=1S/C29H29ClN2O2/c1-28(2,3)22-13-18(14-23(26(22)33)29(4,5)6)15-25-32-24-17-20(30)16-19(27(24)34-25)10-11-21-9-7-8-12-31-21/h7-9,12-14,16-17,33H,15H2,1-6H3. The summed E-state index contributed by atoms with van der Waals surface area (Å²) in [6.07, 6.45) is 2.20. The lowest BCUT2D eigenvalue weighted by Gasteiger charge is -2.28. The van der Waals surface area contributed by atoms with Crippen LogP contribution in [0.25, 0.3) is 11.1 Å². The van der Waals surface area contributed by atoms with Gasteiger partial charge in [-0.1, -0.05) is 77.3 Å². The molecule has 0 amide bonds. The minimum Gasteiger partial charge on any atom is -0.507 e. The molecule has 0 spiro atoms. The van der Waals surface area contributed by atoms with E-state index in [1.807, 2.05) is 30.3 Å². The van der Waals surface area contributed by atoms with Crippen molar-refractivity contribution < 1.29 is 9.52 Å². The number of rotatable bonds is 2. The Bertz CT molecular complexity index is 1380. The second kappa shape index (κ2) is 8.81. The van der Waals surface area contributed by atoms with Gasteiger partial charge < -0.3 is 9.52 Å². The van der Waals surface area contributed by atoms with Crippen molar-refractivity contribution in [2.75, 3.05) is 0 Å². The van der Waals surface area contributed by atoms with Gasteiger partial charge in [-0.15, -0.1) is 0 Å². The lowest BCUT2D eigenvalue weighted by atomic mass is 9.78. The normalized spacial score (nSPS) is 12.0. The molecule has 4 aromatic rings. The van der Waals surface area contributed by atoms with Gasteiger partial charge in [0, 0.05) is 17.6 Å². The average molecular weight is 473 g/mol. The van der Waals surface area contributed by atoms with Crippen LogP contribution in [0.4, 0.5) is 0 Å². The van der Waals surface area contributed by atoms with Crippen molar-refractivity contribution in [3.8, 4) is 17.6 Å². The van der Waals surface area contributed by atoms with Crippen molar-refractivity contribution in [2.24, 2.45) is 0 Å². The highest BCUT2D eigenvalue weighted by Gasteiger charge is 2.27. The molecule has 0 fully saturated rings. The van der Waals surface area contributed by atoms with Crippen LogP contribution < -0.4 is 0 Å². The summed E-state index contributed by atoms with van der Waals surface area (Å²) in [5.74, 6) is 7.12. The maximum atomic E-state index is 11.0. The molecule has 1 N–H and O–H groups in total. The van der Waals surface area contributed by atoms with Gasteiger partial charge in [0.25, 0.3) is 0 Å². The number of fused-ring (bicyclic) bond motifs is 1. The summed E-state index contributed by atoms with van der Waals surface area (Å²) in [7, 11) is 0. The van der Waals surface area contributed by atoms with Crippen molar-refractivity contribution in [3.63, 3.8) is 0 Å². The first kappa shape index (κ1) is 23.9. The van der Waals surface area contributed by atoms with Gasteiger partial charge in [-0.2, -0.15) is 0 Å². The summed E-state index contributed by atoms with van der Waals surface area (Å²) in [6.45, 7) is 12.6. The Balaban J connectivity index is 1.77. The van der Waals surface area contributed by atoms with Crippen LogP contribution in [0.2, 0.25) is 5.02 Å². The molecule has 0 saturated heterocycles. The Labute approximate surface area is 206 Å². The Hall–Kier alpha value is -3.29. The Morgan fingerprint density at radius 2 is 1.62 bits per heavy atom. The van der Waals surface area contributed by atoms with E-state index in [4.69, 9.17) is 21.0 Å². The number of oxazole rings is 1. The fourth-order valence-corrected chi connectivity index (χ4v) is 4.11. The Morgan fingerprint density at radius 1 is 0.941 bits per heavy atom. The summed E-state index contributed by atoms with van der Waals surface area (Å²) in [6, 6.07) is 13.3. The molecule has 0 atom stereocenters.